The van der Waals surface area contributed by atoms with Crippen molar-refractivity contribution in [2.75, 3.05) is 0 Å². The fourth-order valence-corrected chi connectivity index (χ4v) is 4.44. The van der Waals surface area contributed by atoms with Crippen LogP contribution in [-0.4, -0.2) is 5.11 Å². The molecule has 154 valence electrons. The van der Waals surface area contributed by atoms with E-state index in [1.165, 1.54) is 0 Å². The number of hydrogen-bond donors (Lipinski definition) is 1. The zero-order valence-electron chi connectivity index (χ0n) is 18.0. The van der Waals surface area contributed by atoms with Crippen molar-refractivity contribution in [1.29, 1.82) is 0 Å². The second-order valence-corrected chi connectivity index (χ2v) is 7.94. The van der Waals surface area contributed by atoms with Crippen molar-refractivity contribution in [3.05, 3.63) is 166 Å². The normalized spacial score (nSPS) is 13.0. The van der Waals surface area contributed by atoms with Gasteiger partial charge in [-0.15, -0.1) is 0 Å². The zero-order chi connectivity index (χ0) is 21.9. The van der Waals surface area contributed by atoms with Gasteiger partial charge in [0.25, 0.3) is 0 Å². The number of benzene rings is 4. The first-order valence-electron chi connectivity index (χ1n) is 10.9. The van der Waals surface area contributed by atoms with Gasteiger partial charge in [0.05, 0.1) is 0 Å². The van der Waals surface area contributed by atoms with E-state index in [2.05, 4.69) is 72.8 Å². The van der Waals surface area contributed by atoms with Gasteiger partial charge in [-0.3, -0.25) is 0 Å². The van der Waals surface area contributed by atoms with Gasteiger partial charge in [-0.05, 0) is 34.8 Å². The number of hydrogen-bond acceptors (Lipinski definition) is 1. The van der Waals surface area contributed by atoms with Crippen LogP contribution in [0.15, 0.2) is 144 Å². The maximum atomic E-state index is 11.2. The van der Waals surface area contributed by atoms with Gasteiger partial charge < -0.3 is 5.11 Å². The molecule has 0 atom stereocenters. The molecule has 0 heterocycles. The highest BCUT2D eigenvalue weighted by Gasteiger charge is 2.33. The van der Waals surface area contributed by atoms with E-state index in [4.69, 9.17) is 0 Å². The minimum absolute atomic E-state index is 0.368. The molecule has 0 aromatic heterocycles. The average Bonchev–Trinajstić information content (AvgIpc) is 2.88. The van der Waals surface area contributed by atoms with Gasteiger partial charge in [0.1, 0.15) is 5.76 Å². The van der Waals surface area contributed by atoms with Crippen LogP contribution >= 0.6 is 0 Å². The summed E-state index contributed by atoms with van der Waals surface area (Å²) in [6.07, 6.45) is 0. The van der Waals surface area contributed by atoms with Gasteiger partial charge in [-0.25, -0.2) is 0 Å². The fourth-order valence-electron chi connectivity index (χ4n) is 4.44. The van der Waals surface area contributed by atoms with Crippen molar-refractivity contribution in [2.24, 2.45) is 0 Å². The number of allylic oxidation sites excluding steroid dienone is 2. The molecule has 0 fully saturated rings. The molecule has 32 heavy (non-hydrogen) atoms. The van der Waals surface area contributed by atoms with Crippen LogP contribution in [0.4, 0.5) is 0 Å². The van der Waals surface area contributed by atoms with E-state index in [9.17, 15) is 5.11 Å². The first kappa shape index (κ1) is 19.8. The third-order valence-electron chi connectivity index (χ3n) is 5.97. The average molecular weight is 413 g/mol. The summed E-state index contributed by atoms with van der Waals surface area (Å²) < 4.78 is 0. The highest BCUT2D eigenvalue weighted by molar-refractivity contribution is 5.99. The highest BCUT2D eigenvalue weighted by Crippen LogP contribution is 2.49. The first-order valence-corrected chi connectivity index (χ1v) is 10.9. The molecule has 5 rings (SSSR count). The zero-order valence-corrected chi connectivity index (χ0v) is 18.0. The third-order valence-corrected chi connectivity index (χ3v) is 5.97. The topological polar surface area (TPSA) is 20.2 Å². The summed E-state index contributed by atoms with van der Waals surface area (Å²) in [7, 11) is 0. The molecule has 1 nitrogen and oxygen atoms in total. The highest BCUT2D eigenvalue weighted by atomic mass is 16.3. The van der Waals surface area contributed by atoms with Crippen molar-refractivity contribution in [3.8, 4) is 0 Å². The molecule has 0 spiro atoms. The Balaban J connectivity index is 1.89. The van der Waals surface area contributed by atoms with Gasteiger partial charge in [0.15, 0.2) is 0 Å². The predicted molar refractivity (Wildman–Crippen MR) is 133 cm³/mol. The molecule has 0 amide bonds. The summed E-state index contributed by atoms with van der Waals surface area (Å²) in [5.41, 5.74) is 9.57. The third kappa shape index (κ3) is 3.48. The molecular formula is C31H24O. The Kier molecular flexibility index (Phi) is 5.31. The molecule has 0 saturated heterocycles. The molecule has 1 aliphatic carbocycles. The lowest BCUT2D eigenvalue weighted by molar-refractivity contribution is 0.409. The predicted octanol–water partition coefficient (Wildman–Crippen LogP) is 7.84. The van der Waals surface area contributed by atoms with Gasteiger partial charge >= 0.3 is 0 Å². The molecule has 4 aromatic rings. The Morgan fingerprint density at radius 1 is 0.438 bits per heavy atom. The molecule has 0 aliphatic heterocycles. The van der Waals surface area contributed by atoms with Crippen LogP contribution in [0.1, 0.15) is 29.2 Å². The molecular weight excluding hydrogens is 388 g/mol. The smallest absolute Gasteiger partial charge is 0.127 e. The van der Waals surface area contributed by atoms with Crippen LogP contribution in [0, 0.1) is 0 Å². The molecule has 0 bridgehead atoms. The molecule has 0 unspecified atom stereocenters. The largest absolute Gasteiger partial charge is 0.507 e. The van der Waals surface area contributed by atoms with E-state index in [0.29, 0.717) is 5.76 Å². The summed E-state index contributed by atoms with van der Waals surface area (Å²) in [6.45, 7) is 2.01. The van der Waals surface area contributed by atoms with E-state index in [0.717, 1.165) is 50.1 Å². The van der Waals surface area contributed by atoms with Crippen molar-refractivity contribution in [3.63, 3.8) is 0 Å². The number of aliphatic hydroxyl groups is 1. The van der Waals surface area contributed by atoms with Crippen LogP contribution in [0.3, 0.4) is 0 Å². The lowest BCUT2D eigenvalue weighted by Crippen LogP contribution is -2.16. The summed E-state index contributed by atoms with van der Waals surface area (Å²) in [5, 5.41) is 11.2. The summed E-state index contributed by atoms with van der Waals surface area (Å²) >= 11 is 0. The van der Waals surface area contributed by atoms with E-state index < -0.39 is 0 Å². The molecule has 0 radical (unpaired) electrons. The van der Waals surface area contributed by atoms with Gasteiger partial charge in [0.2, 0.25) is 0 Å². The molecule has 1 aliphatic rings. The maximum Gasteiger partial charge on any atom is 0.127 e. The van der Waals surface area contributed by atoms with E-state index in [1.54, 1.807) is 0 Å². The van der Waals surface area contributed by atoms with Crippen LogP contribution < -0.4 is 0 Å². The molecule has 1 heteroatoms. The van der Waals surface area contributed by atoms with Crippen LogP contribution in [0.5, 0.6) is 0 Å². The molecule has 1 N–H and O–H groups in total. The van der Waals surface area contributed by atoms with Crippen molar-refractivity contribution < 1.29 is 5.11 Å². The summed E-state index contributed by atoms with van der Waals surface area (Å²) in [6, 6.07) is 41.6. The second-order valence-electron chi connectivity index (χ2n) is 7.94. The minimum Gasteiger partial charge on any atom is -0.507 e. The quantitative estimate of drug-likeness (QED) is 0.362. The Labute approximate surface area is 189 Å². The Bertz CT molecular complexity index is 1140. The minimum atomic E-state index is 0.368. The van der Waals surface area contributed by atoms with Crippen LogP contribution in [0.25, 0.3) is 11.1 Å². The maximum absolute atomic E-state index is 11.2. The summed E-state index contributed by atoms with van der Waals surface area (Å²) in [5.74, 6) is 0.368. The SMILES string of the molecule is CC1=C(O)C(=C(c2ccccc2)c2ccccc2)C1=C(c1ccccc1)c1ccccc1. The van der Waals surface area contributed by atoms with Gasteiger partial charge in [0, 0.05) is 22.3 Å². The Morgan fingerprint density at radius 3 is 1.03 bits per heavy atom. The first-order chi connectivity index (χ1) is 15.8. The van der Waals surface area contributed by atoms with Crippen molar-refractivity contribution in [2.45, 2.75) is 6.92 Å². The standard InChI is InChI=1S/C31H24O/c1-22-27(28(23-14-6-2-7-15-23)24-16-8-3-9-17-24)30(31(22)32)29(25-18-10-4-11-19-25)26-20-12-5-13-21-26/h2-21,32H,1H3. The Morgan fingerprint density at radius 2 is 0.719 bits per heavy atom. The number of aliphatic hydroxyl groups excluding tert-OH is 1. The Hall–Kier alpha value is -4.10. The monoisotopic (exact) mass is 412 g/mol. The van der Waals surface area contributed by atoms with E-state index in [-0.39, 0.29) is 0 Å². The van der Waals surface area contributed by atoms with Crippen molar-refractivity contribution >= 4 is 11.1 Å². The number of rotatable bonds is 4. The lowest BCUT2D eigenvalue weighted by atomic mass is 9.73. The fraction of sp³-hybridized carbons (Fsp3) is 0.0323. The van der Waals surface area contributed by atoms with E-state index >= 15 is 0 Å². The van der Waals surface area contributed by atoms with Crippen molar-refractivity contribution in [1.82, 2.24) is 0 Å². The second kappa shape index (κ2) is 8.56. The molecule has 4 aromatic carbocycles. The van der Waals surface area contributed by atoms with Crippen LogP contribution in [-0.2, 0) is 0 Å². The molecule has 0 saturated carbocycles. The van der Waals surface area contributed by atoms with E-state index in [1.807, 2.05) is 55.5 Å². The van der Waals surface area contributed by atoms with Gasteiger partial charge in [-0.1, -0.05) is 121 Å². The van der Waals surface area contributed by atoms with Gasteiger partial charge in [-0.2, -0.15) is 0 Å². The lowest BCUT2D eigenvalue weighted by Gasteiger charge is -2.31. The summed E-state index contributed by atoms with van der Waals surface area (Å²) in [4.78, 5) is 0. The van der Waals surface area contributed by atoms with Crippen LogP contribution in [0.2, 0.25) is 0 Å².